The fourth-order valence-electron chi connectivity index (χ4n) is 1.41. The molecule has 0 aliphatic carbocycles. The maximum Gasteiger partial charge on any atom is 0.317 e. The molecule has 1 aromatic rings. The molecule has 0 unspecified atom stereocenters. The highest BCUT2D eigenvalue weighted by molar-refractivity contribution is 5.69. The van der Waals surface area contributed by atoms with Crippen molar-refractivity contribution in [3.63, 3.8) is 0 Å². The molecule has 0 radical (unpaired) electrons. The first-order valence-electron chi connectivity index (χ1n) is 5.25. The molecule has 0 aromatic carbocycles. The number of carboxylic acid groups (broad SMARTS) is 1. The molecular weight excluding hydrogens is 204 g/mol. The zero-order valence-electron chi connectivity index (χ0n) is 9.97. The monoisotopic (exact) mass is 222 g/mol. The Kier molecular flexibility index (Phi) is 4.01. The summed E-state index contributed by atoms with van der Waals surface area (Å²) in [7, 11) is 0. The van der Waals surface area contributed by atoms with Gasteiger partial charge in [-0.25, -0.2) is 0 Å². The number of hydrogen-bond acceptors (Lipinski definition) is 3. The minimum absolute atomic E-state index is 0.0401. The van der Waals surface area contributed by atoms with Gasteiger partial charge in [0, 0.05) is 24.5 Å². The molecule has 0 fully saturated rings. The molecule has 4 heteroatoms. The minimum Gasteiger partial charge on any atom is -0.480 e. The van der Waals surface area contributed by atoms with Crippen LogP contribution in [0.1, 0.15) is 26.3 Å². The molecule has 0 atom stereocenters. The summed E-state index contributed by atoms with van der Waals surface area (Å²) < 4.78 is 0. The first-order chi connectivity index (χ1) is 7.39. The van der Waals surface area contributed by atoms with Crippen LogP contribution in [0.3, 0.4) is 0 Å². The average Bonchev–Trinajstić information content (AvgIpc) is 2.16. The largest absolute Gasteiger partial charge is 0.480 e. The van der Waals surface area contributed by atoms with Gasteiger partial charge in [0.05, 0.1) is 6.54 Å². The van der Waals surface area contributed by atoms with E-state index in [0.717, 1.165) is 5.56 Å². The molecule has 16 heavy (non-hydrogen) atoms. The van der Waals surface area contributed by atoms with E-state index in [4.69, 9.17) is 5.11 Å². The molecule has 1 heterocycles. The average molecular weight is 222 g/mol. The third-order valence-corrected chi connectivity index (χ3v) is 2.37. The maximum atomic E-state index is 10.8. The van der Waals surface area contributed by atoms with Crippen molar-refractivity contribution in [1.82, 2.24) is 9.88 Å². The summed E-state index contributed by atoms with van der Waals surface area (Å²) in [5.74, 6) is -0.807. The Hall–Kier alpha value is -1.42. The van der Waals surface area contributed by atoms with Crippen LogP contribution in [0.2, 0.25) is 0 Å². The van der Waals surface area contributed by atoms with Crippen molar-refractivity contribution in [2.24, 2.45) is 0 Å². The Balaban J connectivity index is 2.75. The summed E-state index contributed by atoms with van der Waals surface area (Å²) in [5, 5.41) is 8.87. The second-order valence-corrected chi connectivity index (χ2v) is 4.78. The first kappa shape index (κ1) is 12.6. The predicted molar refractivity (Wildman–Crippen MR) is 62.0 cm³/mol. The SMILES string of the molecule is CC(C)(C)N(CC(=O)O)Cc1cccnc1. The number of aliphatic carboxylic acids is 1. The molecule has 0 spiro atoms. The Morgan fingerprint density at radius 3 is 2.62 bits per heavy atom. The number of carboxylic acids is 1. The van der Waals surface area contributed by atoms with E-state index in [1.807, 2.05) is 37.8 Å². The highest BCUT2D eigenvalue weighted by Crippen LogP contribution is 2.16. The molecule has 0 bridgehead atoms. The molecule has 4 nitrogen and oxygen atoms in total. The molecule has 88 valence electrons. The normalized spacial score (nSPS) is 11.8. The molecular formula is C12H18N2O2. The zero-order valence-corrected chi connectivity index (χ0v) is 9.97. The number of rotatable bonds is 4. The molecule has 1 rings (SSSR count). The van der Waals surface area contributed by atoms with Gasteiger partial charge in [-0.3, -0.25) is 14.7 Å². The lowest BCUT2D eigenvalue weighted by Crippen LogP contribution is -2.43. The van der Waals surface area contributed by atoms with Crippen molar-refractivity contribution < 1.29 is 9.90 Å². The van der Waals surface area contributed by atoms with E-state index >= 15 is 0 Å². The molecule has 0 saturated carbocycles. The van der Waals surface area contributed by atoms with Crippen LogP contribution in [0.15, 0.2) is 24.5 Å². The van der Waals surface area contributed by atoms with Crippen molar-refractivity contribution in [2.45, 2.75) is 32.9 Å². The van der Waals surface area contributed by atoms with Crippen molar-refractivity contribution in [2.75, 3.05) is 6.54 Å². The Bertz CT molecular complexity index is 344. The van der Waals surface area contributed by atoms with E-state index in [-0.39, 0.29) is 12.1 Å². The van der Waals surface area contributed by atoms with Crippen LogP contribution >= 0.6 is 0 Å². The fourth-order valence-corrected chi connectivity index (χ4v) is 1.41. The van der Waals surface area contributed by atoms with Gasteiger partial charge >= 0.3 is 5.97 Å². The van der Waals surface area contributed by atoms with Crippen molar-refractivity contribution in [3.8, 4) is 0 Å². The second kappa shape index (κ2) is 5.07. The molecule has 0 aliphatic heterocycles. The van der Waals surface area contributed by atoms with Crippen LogP contribution in [0.4, 0.5) is 0 Å². The first-order valence-corrected chi connectivity index (χ1v) is 5.25. The van der Waals surface area contributed by atoms with Gasteiger partial charge in [0.15, 0.2) is 0 Å². The van der Waals surface area contributed by atoms with E-state index in [0.29, 0.717) is 6.54 Å². The van der Waals surface area contributed by atoms with Gasteiger partial charge < -0.3 is 5.11 Å². The molecule has 1 N–H and O–H groups in total. The standard InChI is InChI=1S/C12H18N2O2/c1-12(2,3)14(9-11(15)16)8-10-5-4-6-13-7-10/h4-7H,8-9H2,1-3H3,(H,15,16). The number of nitrogens with zero attached hydrogens (tertiary/aromatic N) is 2. The Morgan fingerprint density at radius 1 is 1.50 bits per heavy atom. The summed E-state index contributed by atoms with van der Waals surface area (Å²) in [6, 6.07) is 3.81. The zero-order chi connectivity index (χ0) is 12.2. The summed E-state index contributed by atoms with van der Waals surface area (Å²) in [6.07, 6.45) is 3.47. The molecule has 0 saturated heterocycles. The van der Waals surface area contributed by atoms with Crippen LogP contribution < -0.4 is 0 Å². The summed E-state index contributed by atoms with van der Waals surface area (Å²) in [5.41, 5.74) is 0.854. The van der Waals surface area contributed by atoms with Crippen LogP contribution in [-0.2, 0) is 11.3 Å². The summed E-state index contributed by atoms with van der Waals surface area (Å²) >= 11 is 0. The van der Waals surface area contributed by atoms with Crippen LogP contribution in [-0.4, -0.2) is 33.0 Å². The predicted octanol–water partition coefficient (Wildman–Crippen LogP) is 1.77. The van der Waals surface area contributed by atoms with Gasteiger partial charge in [0.25, 0.3) is 0 Å². The number of pyridine rings is 1. The quantitative estimate of drug-likeness (QED) is 0.843. The van der Waals surface area contributed by atoms with Crippen molar-refractivity contribution in [1.29, 1.82) is 0 Å². The van der Waals surface area contributed by atoms with Gasteiger partial charge in [-0.15, -0.1) is 0 Å². The van der Waals surface area contributed by atoms with Crippen molar-refractivity contribution in [3.05, 3.63) is 30.1 Å². The van der Waals surface area contributed by atoms with E-state index in [1.54, 1.807) is 12.4 Å². The second-order valence-electron chi connectivity index (χ2n) is 4.78. The lowest BCUT2D eigenvalue weighted by atomic mass is 10.0. The summed E-state index contributed by atoms with van der Waals surface area (Å²) in [6.45, 7) is 6.66. The highest BCUT2D eigenvalue weighted by atomic mass is 16.4. The fraction of sp³-hybridized carbons (Fsp3) is 0.500. The third kappa shape index (κ3) is 3.98. The van der Waals surface area contributed by atoms with Crippen LogP contribution in [0, 0.1) is 0 Å². The number of aromatic nitrogens is 1. The maximum absolute atomic E-state index is 10.8. The van der Waals surface area contributed by atoms with Crippen LogP contribution in [0.25, 0.3) is 0 Å². The van der Waals surface area contributed by atoms with E-state index < -0.39 is 5.97 Å². The number of carbonyl (C=O) groups is 1. The van der Waals surface area contributed by atoms with Crippen molar-refractivity contribution >= 4 is 5.97 Å². The smallest absolute Gasteiger partial charge is 0.317 e. The molecule has 1 aromatic heterocycles. The van der Waals surface area contributed by atoms with Gasteiger partial charge in [-0.1, -0.05) is 6.07 Å². The lowest BCUT2D eigenvalue weighted by Gasteiger charge is -2.34. The van der Waals surface area contributed by atoms with E-state index in [1.165, 1.54) is 0 Å². The van der Waals surface area contributed by atoms with E-state index in [2.05, 4.69) is 4.98 Å². The lowest BCUT2D eigenvalue weighted by molar-refractivity contribution is -0.139. The highest BCUT2D eigenvalue weighted by Gasteiger charge is 2.23. The Morgan fingerprint density at radius 2 is 2.19 bits per heavy atom. The minimum atomic E-state index is -0.807. The van der Waals surface area contributed by atoms with Crippen LogP contribution in [0.5, 0.6) is 0 Å². The van der Waals surface area contributed by atoms with E-state index in [9.17, 15) is 4.79 Å². The molecule has 0 amide bonds. The number of hydrogen-bond donors (Lipinski definition) is 1. The third-order valence-electron chi connectivity index (χ3n) is 2.37. The van der Waals surface area contributed by atoms with Gasteiger partial charge in [-0.2, -0.15) is 0 Å². The van der Waals surface area contributed by atoms with Gasteiger partial charge in [-0.05, 0) is 32.4 Å². The van der Waals surface area contributed by atoms with Gasteiger partial charge in [0.2, 0.25) is 0 Å². The summed E-state index contributed by atoms with van der Waals surface area (Å²) in [4.78, 5) is 16.7. The Labute approximate surface area is 95.9 Å². The topological polar surface area (TPSA) is 53.4 Å². The van der Waals surface area contributed by atoms with Gasteiger partial charge in [0.1, 0.15) is 0 Å². The molecule has 0 aliphatic rings.